The summed E-state index contributed by atoms with van der Waals surface area (Å²) in [4.78, 5) is 0. The fourth-order valence-corrected chi connectivity index (χ4v) is 4.31. The zero-order valence-electron chi connectivity index (χ0n) is 11.6. The van der Waals surface area contributed by atoms with E-state index >= 15 is 0 Å². The molecule has 2 rings (SSSR count). The van der Waals surface area contributed by atoms with Gasteiger partial charge < -0.3 is 5.32 Å². The Hall–Kier alpha value is 0.140. The second kappa shape index (κ2) is 7.80. The monoisotopic (exact) mass is 387 g/mol. The van der Waals surface area contributed by atoms with E-state index in [9.17, 15) is 0 Å². The highest BCUT2D eigenvalue weighted by Gasteiger charge is 2.16. The first kappa shape index (κ1) is 15.5. The maximum atomic E-state index is 3.82. The van der Waals surface area contributed by atoms with Crippen LogP contribution in [0, 0.1) is 0 Å². The van der Waals surface area contributed by atoms with E-state index in [0.717, 1.165) is 4.47 Å². The van der Waals surface area contributed by atoms with Gasteiger partial charge in [-0.1, -0.05) is 70.0 Å². The largest absolute Gasteiger partial charge is 0.307 e. The van der Waals surface area contributed by atoms with Gasteiger partial charge in [0.15, 0.2) is 0 Å². The molecule has 106 valence electrons. The van der Waals surface area contributed by atoms with Crippen LogP contribution < -0.4 is 5.32 Å². The quantitative estimate of drug-likeness (QED) is 0.671. The Morgan fingerprint density at radius 1 is 1.05 bits per heavy atom. The predicted molar refractivity (Wildman–Crippen MR) is 89.5 cm³/mol. The van der Waals surface area contributed by atoms with Crippen LogP contribution in [0.2, 0.25) is 0 Å². The molecule has 0 spiro atoms. The molecule has 3 heteroatoms. The third-order valence-corrected chi connectivity index (χ3v) is 5.20. The molecular formula is C16H23Br2N. The minimum Gasteiger partial charge on any atom is -0.307 e. The van der Waals surface area contributed by atoms with E-state index in [-0.39, 0.29) is 0 Å². The first-order valence-electron chi connectivity index (χ1n) is 7.38. The molecule has 0 bridgehead atoms. The number of nitrogens with one attached hydrogen (secondary N) is 1. The Kier molecular flexibility index (Phi) is 6.37. The Morgan fingerprint density at radius 2 is 1.68 bits per heavy atom. The molecule has 1 aliphatic carbocycles. The van der Waals surface area contributed by atoms with Crippen molar-refractivity contribution >= 4 is 31.9 Å². The summed E-state index contributed by atoms with van der Waals surface area (Å²) in [6.07, 6.45) is 9.68. The lowest BCUT2D eigenvalue weighted by Gasteiger charge is -2.26. The maximum absolute atomic E-state index is 3.82. The third-order valence-electron chi connectivity index (χ3n) is 4.02. The van der Waals surface area contributed by atoms with Crippen molar-refractivity contribution in [3.63, 3.8) is 0 Å². The average molecular weight is 389 g/mol. The van der Waals surface area contributed by atoms with Crippen LogP contribution in [0.5, 0.6) is 0 Å². The van der Waals surface area contributed by atoms with Gasteiger partial charge in [0.2, 0.25) is 0 Å². The zero-order valence-corrected chi connectivity index (χ0v) is 14.8. The topological polar surface area (TPSA) is 12.0 Å². The van der Waals surface area contributed by atoms with Crippen LogP contribution in [0.4, 0.5) is 0 Å². The highest BCUT2D eigenvalue weighted by Crippen LogP contribution is 2.28. The number of benzene rings is 1. The summed E-state index contributed by atoms with van der Waals surface area (Å²) in [6, 6.07) is 7.55. The van der Waals surface area contributed by atoms with Crippen LogP contribution in [-0.4, -0.2) is 6.04 Å². The number of hydrogen-bond acceptors (Lipinski definition) is 1. The first-order chi connectivity index (χ1) is 9.16. The first-order valence-corrected chi connectivity index (χ1v) is 8.96. The molecule has 0 heterocycles. The molecule has 1 atom stereocenters. The average Bonchev–Trinajstić information content (AvgIpc) is 2.32. The summed E-state index contributed by atoms with van der Waals surface area (Å²) in [6.45, 7) is 2.27. The van der Waals surface area contributed by atoms with Crippen molar-refractivity contribution < 1.29 is 0 Å². The smallest absolute Gasteiger partial charge is 0.0305 e. The minimum atomic E-state index is 0.409. The molecule has 1 fully saturated rings. The molecule has 1 aromatic carbocycles. The summed E-state index contributed by atoms with van der Waals surface area (Å²) in [5.74, 6) is 0. The van der Waals surface area contributed by atoms with Crippen molar-refractivity contribution in [2.45, 2.75) is 64.0 Å². The number of hydrogen-bond donors (Lipinski definition) is 1. The van der Waals surface area contributed by atoms with E-state index in [1.807, 2.05) is 0 Å². The second-order valence-electron chi connectivity index (χ2n) is 5.60. The van der Waals surface area contributed by atoms with E-state index < -0.39 is 0 Å². The third kappa shape index (κ3) is 4.87. The molecule has 1 nitrogen and oxygen atoms in total. The predicted octanol–water partition coefficient (Wildman–Crippen LogP) is 5.98. The maximum Gasteiger partial charge on any atom is 0.0305 e. The Labute approximate surface area is 133 Å². The van der Waals surface area contributed by atoms with Gasteiger partial charge in [0.05, 0.1) is 0 Å². The fourth-order valence-electron chi connectivity index (χ4n) is 2.92. The lowest BCUT2D eigenvalue weighted by Crippen LogP contribution is -2.32. The van der Waals surface area contributed by atoms with Gasteiger partial charge in [-0.25, -0.2) is 0 Å². The number of rotatable bonds is 3. The van der Waals surface area contributed by atoms with Gasteiger partial charge in [0, 0.05) is 21.0 Å². The molecule has 1 saturated carbocycles. The molecule has 1 aromatic rings. The van der Waals surface area contributed by atoms with Crippen molar-refractivity contribution in [2.24, 2.45) is 0 Å². The van der Waals surface area contributed by atoms with Crippen molar-refractivity contribution in [1.82, 2.24) is 5.32 Å². The van der Waals surface area contributed by atoms with Gasteiger partial charge in [0.25, 0.3) is 0 Å². The summed E-state index contributed by atoms with van der Waals surface area (Å²) in [5.41, 5.74) is 1.35. The van der Waals surface area contributed by atoms with Crippen molar-refractivity contribution in [2.75, 3.05) is 0 Å². The normalized spacial score (nSPS) is 19.7. The number of halogens is 2. The summed E-state index contributed by atoms with van der Waals surface area (Å²) < 4.78 is 2.31. The highest BCUT2D eigenvalue weighted by molar-refractivity contribution is 9.11. The van der Waals surface area contributed by atoms with Crippen molar-refractivity contribution in [3.05, 3.63) is 32.7 Å². The van der Waals surface area contributed by atoms with Gasteiger partial charge in [-0.05, 0) is 37.5 Å². The van der Waals surface area contributed by atoms with Crippen LogP contribution in [0.15, 0.2) is 27.1 Å². The highest BCUT2D eigenvalue weighted by atomic mass is 79.9. The Bertz CT molecular complexity index is 398. The fraction of sp³-hybridized carbons (Fsp3) is 0.625. The van der Waals surface area contributed by atoms with E-state index in [0.29, 0.717) is 12.1 Å². The van der Waals surface area contributed by atoms with E-state index in [1.165, 1.54) is 55.0 Å². The molecule has 0 aromatic heterocycles. The molecule has 19 heavy (non-hydrogen) atoms. The molecular weight excluding hydrogens is 366 g/mol. The standard InChI is InChI=1S/C16H23Br2N/c1-12(15-10-9-13(17)11-16(15)18)19-14-7-5-3-2-4-6-8-14/h9-12,14,19H,2-8H2,1H3. The van der Waals surface area contributed by atoms with Gasteiger partial charge in [-0.2, -0.15) is 0 Å². The Balaban J connectivity index is 1.96. The van der Waals surface area contributed by atoms with Crippen LogP contribution in [0.1, 0.15) is 63.5 Å². The van der Waals surface area contributed by atoms with Gasteiger partial charge in [-0.3, -0.25) is 0 Å². The molecule has 1 aliphatic rings. The molecule has 0 aliphatic heterocycles. The summed E-state index contributed by atoms with van der Waals surface area (Å²) >= 11 is 7.18. The summed E-state index contributed by atoms with van der Waals surface area (Å²) in [7, 11) is 0. The SMILES string of the molecule is CC(NC1CCCCCCC1)c1ccc(Br)cc1Br. The lowest BCUT2D eigenvalue weighted by molar-refractivity contribution is 0.362. The van der Waals surface area contributed by atoms with Crippen LogP contribution in [0.25, 0.3) is 0 Å². The van der Waals surface area contributed by atoms with Crippen LogP contribution >= 0.6 is 31.9 Å². The van der Waals surface area contributed by atoms with Crippen molar-refractivity contribution in [3.8, 4) is 0 Å². The molecule has 1 N–H and O–H groups in total. The zero-order chi connectivity index (χ0) is 13.7. The van der Waals surface area contributed by atoms with Crippen LogP contribution in [0.3, 0.4) is 0 Å². The van der Waals surface area contributed by atoms with Gasteiger partial charge in [0.1, 0.15) is 0 Å². The van der Waals surface area contributed by atoms with E-state index in [4.69, 9.17) is 0 Å². The Morgan fingerprint density at radius 3 is 2.32 bits per heavy atom. The minimum absolute atomic E-state index is 0.409. The molecule has 0 radical (unpaired) electrons. The lowest BCUT2D eigenvalue weighted by atomic mass is 9.95. The van der Waals surface area contributed by atoms with E-state index in [1.54, 1.807) is 0 Å². The molecule has 0 amide bonds. The molecule has 1 unspecified atom stereocenters. The van der Waals surface area contributed by atoms with Crippen LogP contribution in [-0.2, 0) is 0 Å². The van der Waals surface area contributed by atoms with Crippen molar-refractivity contribution in [1.29, 1.82) is 0 Å². The second-order valence-corrected chi connectivity index (χ2v) is 7.37. The van der Waals surface area contributed by atoms with E-state index in [2.05, 4.69) is 62.3 Å². The van der Waals surface area contributed by atoms with Gasteiger partial charge in [-0.15, -0.1) is 0 Å². The van der Waals surface area contributed by atoms with Gasteiger partial charge >= 0.3 is 0 Å². The molecule has 0 saturated heterocycles. The summed E-state index contributed by atoms with van der Waals surface area (Å²) in [5, 5.41) is 3.82.